The number of anilines is 2. The van der Waals surface area contributed by atoms with Crippen LogP contribution in [0.3, 0.4) is 0 Å². The minimum Gasteiger partial charge on any atom is -0.497 e. The number of nitrogens with one attached hydrogen (secondary N) is 2. The second-order valence-corrected chi connectivity index (χ2v) is 9.34. The summed E-state index contributed by atoms with van der Waals surface area (Å²) in [7, 11) is -2.37. The van der Waals surface area contributed by atoms with Gasteiger partial charge in [0.15, 0.2) is 0 Å². The molecule has 0 radical (unpaired) electrons. The number of benzene rings is 2. The Balaban J connectivity index is 1.66. The summed E-state index contributed by atoms with van der Waals surface area (Å²) < 4.78 is 39.0. The molecule has 0 spiro atoms. The van der Waals surface area contributed by atoms with Crippen LogP contribution in [0.4, 0.5) is 11.4 Å². The zero-order valence-electron chi connectivity index (χ0n) is 18.0. The normalized spacial score (nSPS) is 17.2. The summed E-state index contributed by atoms with van der Waals surface area (Å²) in [6.07, 6.45) is 0. The highest BCUT2D eigenvalue weighted by Crippen LogP contribution is 2.28. The number of morpholine rings is 1. The van der Waals surface area contributed by atoms with Crippen LogP contribution < -0.4 is 19.7 Å². The van der Waals surface area contributed by atoms with Crippen LogP contribution in [0, 0.1) is 0 Å². The second-order valence-electron chi connectivity index (χ2n) is 7.66. The molecule has 1 amide bonds. The number of sulfonamides is 1. The molecule has 0 aromatic heterocycles. The molecule has 2 N–H and O–H groups in total. The van der Waals surface area contributed by atoms with Gasteiger partial charge < -0.3 is 24.6 Å². The van der Waals surface area contributed by atoms with Gasteiger partial charge in [0.1, 0.15) is 5.75 Å². The first-order valence-electron chi connectivity index (χ1n) is 10.6. The first-order valence-corrected chi connectivity index (χ1v) is 12.1. The zero-order chi connectivity index (χ0) is 22.6. The van der Waals surface area contributed by atoms with E-state index in [1.165, 1.54) is 19.2 Å². The van der Waals surface area contributed by atoms with Crippen LogP contribution in [0.15, 0.2) is 47.4 Å². The molecule has 0 bridgehead atoms. The molecule has 10 heteroatoms. The Morgan fingerprint density at radius 3 is 2.53 bits per heavy atom. The molecular weight excluding hydrogens is 432 g/mol. The van der Waals surface area contributed by atoms with Crippen LogP contribution in [0.2, 0.25) is 0 Å². The number of ether oxygens (including phenoxy) is 2. The van der Waals surface area contributed by atoms with Crippen molar-refractivity contribution >= 4 is 27.3 Å². The van der Waals surface area contributed by atoms with Crippen LogP contribution in [0.1, 0.15) is 10.4 Å². The molecule has 2 heterocycles. The van der Waals surface area contributed by atoms with Gasteiger partial charge in [-0.3, -0.25) is 9.52 Å². The van der Waals surface area contributed by atoms with Crippen LogP contribution in [-0.2, 0) is 14.8 Å². The van der Waals surface area contributed by atoms with Crippen LogP contribution in [-0.4, -0.2) is 78.8 Å². The average molecular weight is 461 g/mol. The van der Waals surface area contributed by atoms with E-state index in [-0.39, 0.29) is 10.8 Å². The number of piperazine rings is 1. The van der Waals surface area contributed by atoms with Crippen molar-refractivity contribution in [2.24, 2.45) is 0 Å². The van der Waals surface area contributed by atoms with Crippen LogP contribution in [0.25, 0.3) is 0 Å². The third kappa shape index (κ3) is 4.98. The molecule has 0 unspecified atom stereocenters. The predicted molar refractivity (Wildman–Crippen MR) is 122 cm³/mol. The van der Waals surface area contributed by atoms with E-state index in [2.05, 4.69) is 14.9 Å². The molecule has 4 rings (SSSR count). The van der Waals surface area contributed by atoms with Crippen molar-refractivity contribution in [3.8, 4) is 5.75 Å². The van der Waals surface area contributed by atoms with E-state index in [0.29, 0.717) is 43.3 Å². The minimum absolute atomic E-state index is 0.0871. The number of carbonyl (C=O) groups excluding carboxylic acids is 1. The first-order chi connectivity index (χ1) is 15.5. The summed E-state index contributed by atoms with van der Waals surface area (Å²) in [5.41, 5.74) is 1.63. The fraction of sp³-hybridized carbons (Fsp3) is 0.409. The smallest absolute Gasteiger partial charge is 0.262 e. The molecule has 0 saturated carbocycles. The molecule has 9 nitrogen and oxygen atoms in total. The molecule has 32 heavy (non-hydrogen) atoms. The summed E-state index contributed by atoms with van der Waals surface area (Å²) in [4.78, 5) is 17.4. The lowest BCUT2D eigenvalue weighted by atomic mass is 10.1. The monoisotopic (exact) mass is 460 g/mol. The van der Waals surface area contributed by atoms with Crippen molar-refractivity contribution in [2.75, 3.05) is 69.2 Å². The molecule has 2 aromatic rings. The molecule has 2 aliphatic heterocycles. The second kappa shape index (κ2) is 9.76. The third-order valence-corrected chi connectivity index (χ3v) is 6.97. The zero-order valence-corrected chi connectivity index (χ0v) is 18.9. The number of rotatable bonds is 6. The van der Waals surface area contributed by atoms with Crippen molar-refractivity contribution in [1.82, 2.24) is 10.2 Å². The van der Waals surface area contributed by atoms with Gasteiger partial charge in [-0.15, -0.1) is 0 Å². The molecular formula is C22H28N4O5S. The van der Waals surface area contributed by atoms with E-state index in [1.807, 2.05) is 6.07 Å². The number of hydrogen-bond acceptors (Lipinski definition) is 7. The van der Waals surface area contributed by atoms with E-state index in [1.54, 1.807) is 29.2 Å². The molecule has 172 valence electrons. The highest BCUT2D eigenvalue weighted by Gasteiger charge is 2.25. The quantitative estimate of drug-likeness (QED) is 0.672. The lowest BCUT2D eigenvalue weighted by Gasteiger charge is -2.33. The van der Waals surface area contributed by atoms with Gasteiger partial charge >= 0.3 is 0 Å². The highest BCUT2D eigenvalue weighted by atomic mass is 32.2. The SMILES string of the molecule is COc1cccc(S(=O)(=O)Nc2ccc(N3CCNCC3)c(C(=O)N3CCOCC3)c2)c1. The third-order valence-electron chi connectivity index (χ3n) is 5.59. The fourth-order valence-corrected chi connectivity index (χ4v) is 4.96. The standard InChI is InChI=1S/C22H28N4O5S/c1-30-18-3-2-4-19(16-18)32(28,29)24-17-5-6-21(25-9-7-23-8-10-25)20(15-17)22(27)26-11-13-31-14-12-26/h2-6,15-16,23-24H,7-14H2,1H3. The summed E-state index contributed by atoms with van der Waals surface area (Å²) >= 11 is 0. The lowest BCUT2D eigenvalue weighted by molar-refractivity contribution is 0.0303. The maximum absolute atomic E-state index is 13.4. The topological polar surface area (TPSA) is 100 Å². The van der Waals surface area contributed by atoms with E-state index in [4.69, 9.17) is 9.47 Å². The van der Waals surface area contributed by atoms with Gasteiger partial charge in [0.25, 0.3) is 15.9 Å². The van der Waals surface area contributed by atoms with Gasteiger partial charge in [0, 0.05) is 56.7 Å². The van der Waals surface area contributed by atoms with E-state index in [9.17, 15) is 13.2 Å². The number of methoxy groups -OCH3 is 1. The Labute approximate surface area is 188 Å². The van der Waals surface area contributed by atoms with E-state index in [0.717, 1.165) is 31.9 Å². The van der Waals surface area contributed by atoms with Crippen molar-refractivity contribution in [2.45, 2.75) is 4.90 Å². The number of nitrogens with zero attached hydrogens (tertiary/aromatic N) is 2. The van der Waals surface area contributed by atoms with Crippen LogP contribution in [0.5, 0.6) is 5.75 Å². The van der Waals surface area contributed by atoms with Crippen molar-refractivity contribution in [3.05, 3.63) is 48.0 Å². The molecule has 2 aliphatic rings. The lowest BCUT2D eigenvalue weighted by Crippen LogP contribution is -2.45. The summed E-state index contributed by atoms with van der Waals surface area (Å²) in [5, 5.41) is 3.31. The van der Waals surface area contributed by atoms with Gasteiger partial charge in [0.2, 0.25) is 0 Å². The molecule has 2 saturated heterocycles. The van der Waals surface area contributed by atoms with E-state index >= 15 is 0 Å². The number of amides is 1. The molecule has 2 fully saturated rings. The van der Waals surface area contributed by atoms with Gasteiger partial charge in [-0.1, -0.05) is 6.07 Å². The largest absolute Gasteiger partial charge is 0.497 e. The van der Waals surface area contributed by atoms with Crippen molar-refractivity contribution < 1.29 is 22.7 Å². The maximum atomic E-state index is 13.4. The summed E-state index contributed by atoms with van der Waals surface area (Å²) in [6, 6.07) is 11.4. The van der Waals surface area contributed by atoms with E-state index < -0.39 is 10.0 Å². The van der Waals surface area contributed by atoms with Crippen molar-refractivity contribution in [1.29, 1.82) is 0 Å². The number of hydrogen-bond donors (Lipinski definition) is 2. The Hall–Kier alpha value is -2.82. The van der Waals surface area contributed by atoms with Gasteiger partial charge in [0.05, 0.1) is 30.8 Å². The highest BCUT2D eigenvalue weighted by molar-refractivity contribution is 7.92. The predicted octanol–water partition coefficient (Wildman–Crippen LogP) is 1.38. The van der Waals surface area contributed by atoms with Gasteiger partial charge in [-0.25, -0.2) is 8.42 Å². The van der Waals surface area contributed by atoms with Crippen molar-refractivity contribution in [3.63, 3.8) is 0 Å². The summed E-state index contributed by atoms with van der Waals surface area (Å²) in [6.45, 7) is 5.23. The Bertz CT molecular complexity index is 1060. The van der Waals surface area contributed by atoms with Crippen LogP contribution >= 0.6 is 0 Å². The first kappa shape index (κ1) is 22.4. The average Bonchev–Trinajstić information content (AvgIpc) is 2.84. The molecule has 0 atom stereocenters. The Morgan fingerprint density at radius 2 is 1.81 bits per heavy atom. The summed E-state index contributed by atoms with van der Waals surface area (Å²) in [5.74, 6) is 0.328. The molecule has 0 aliphatic carbocycles. The Kier molecular flexibility index (Phi) is 6.83. The minimum atomic E-state index is -3.85. The Morgan fingerprint density at radius 1 is 1.06 bits per heavy atom. The molecule has 2 aromatic carbocycles. The number of carbonyl (C=O) groups is 1. The van der Waals surface area contributed by atoms with Gasteiger partial charge in [-0.05, 0) is 30.3 Å². The fourth-order valence-electron chi connectivity index (χ4n) is 3.87. The maximum Gasteiger partial charge on any atom is 0.262 e. The van der Waals surface area contributed by atoms with Gasteiger partial charge in [-0.2, -0.15) is 0 Å².